The first kappa shape index (κ1) is 19.1. The molecule has 1 aromatic carbocycles. The summed E-state index contributed by atoms with van der Waals surface area (Å²) in [6, 6.07) is 7.62. The zero-order valence-corrected chi connectivity index (χ0v) is 16.8. The summed E-state index contributed by atoms with van der Waals surface area (Å²) < 4.78 is 15.4. The number of amides is 2. The fraction of sp³-hybridized carbons (Fsp3) is 0.350. The molecule has 156 valence electrons. The van der Waals surface area contributed by atoms with Crippen molar-refractivity contribution < 1.29 is 14.3 Å². The molecule has 4 heterocycles. The Morgan fingerprint density at radius 1 is 1.27 bits per heavy atom. The summed E-state index contributed by atoms with van der Waals surface area (Å²) in [4.78, 5) is 20.4. The van der Waals surface area contributed by atoms with Gasteiger partial charge in [-0.05, 0) is 42.7 Å². The molecule has 2 aliphatic heterocycles. The van der Waals surface area contributed by atoms with Crippen molar-refractivity contribution in [3.8, 4) is 0 Å². The number of carbonyl (C=O) groups is 1. The second-order valence-electron chi connectivity index (χ2n) is 7.62. The first-order chi connectivity index (χ1) is 14.5. The van der Waals surface area contributed by atoms with Gasteiger partial charge in [0.25, 0.3) is 0 Å². The third-order valence-electron chi connectivity index (χ3n) is 5.56. The van der Waals surface area contributed by atoms with Crippen molar-refractivity contribution in [3.05, 3.63) is 52.9 Å². The van der Waals surface area contributed by atoms with Gasteiger partial charge in [0, 0.05) is 23.8 Å². The molecule has 0 radical (unpaired) electrons. The first-order valence-corrected chi connectivity index (χ1v) is 10.2. The van der Waals surface area contributed by atoms with Crippen LogP contribution in [0.1, 0.15) is 24.4 Å². The molecule has 5 rings (SSSR count). The van der Waals surface area contributed by atoms with Gasteiger partial charge in [0.05, 0.1) is 25.2 Å². The van der Waals surface area contributed by atoms with E-state index in [0.29, 0.717) is 29.6 Å². The van der Waals surface area contributed by atoms with E-state index in [-0.39, 0.29) is 17.9 Å². The van der Waals surface area contributed by atoms with Crippen LogP contribution in [0.2, 0.25) is 5.02 Å². The molecule has 0 bridgehead atoms. The van der Waals surface area contributed by atoms with Crippen molar-refractivity contribution in [1.29, 1.82) is 0 Å². The van der Waals surface area contributed by atoms with Crippen LogP contribution in [0.15, 0.2) is 36.5 Å². The Bertz CT molecular complexity index is 1120. The third kappa shape index (κ3) is 3.44. The average Bonchev–Trinajstić information content (AvgIpc) is 3.33. The summed E-state index contributed by atoms with van der Waals surface area (Å²) in [6.07, 6.45) is 3.13. The number of anilines is 2. The number of nitrogens with one attached hydrogen (secondary N) is 1. The van der Waals surface area contributed by atoms with Crippen molar-refractivity contribution >= 4 is 34.9 Å². The zero-order chi connectivity index (χ0) is 20.8. The van der Waals surface area contributed by atoms with E-state index >= 15 is 0 Å². The van der Waals surface area contributed by atoms with Crippen LogP contribution in [0.5, 0.6) is 0 Å². The lowest BCUT2D eigenvalue weighted by molar-refractivity contribution is 0.0308. The van der Waals surface area contributed by atoms with Gasteiger partial charge in [-0.1, -0.05) is 11.6 Å². The number of nitrogens with zero attached hydrogens (tertiary/aromatic N) is 5. The lowest BCUT2D eigenvalue weighted by Gasteiger charge is -2.35. The summed E-state index contributed by atoms with van der Waals surface area (Å²) in [7, 11) is 0. The van der Waals surface area contributed by atoms with Crippen molar-refractivity contribution in [2.75, 3.05) is 29.9 Å². The summed E-state index contributed by atoms with van der Waals surface area (Å²) in [5.41, 5.74) is 1.34. The molecule has 0 unspecified atom stereocenters. The number of rotatable bonds is 3. The number of urea groups is 1. The van der Waals surface area contributed by atoms with Crippen molar-refractivity contribution in [2.45, 2.75) is 25.0 Å². The highest BCUT2D eigenvalue weighted by atomic mass is 35.5. The maximum atomic E-state index is 13.8. The highest BCUT2D eigenvalue weighted by molar-refractivity contribution is 6.31. The van der Waals surface area contributed by atoms with Gasteiger partial charge in [-0.25, -0.2) is 18.7 Å². The Morgan fingerprint density at radius 3 is 2.90 bits per heavy atom. The van der Waals surface area contributed by atoms with E-state index in [1.807, 2.05) is 6.07 Å². The minimum atomic E-state index is -0.457. The van der Waals surface area contributed by atoms with Crippen LogP contribution in [-0.4, -0.2) is 56.4 Å². The molecule has 0 saturated carbocycles. The first-order valence-electron chi connectivity index (χ1n) is 9.80. The number of aliphatic hydroxyl groups is 1. The number of fused-ring (bicyclic) bond motifs is 1. The summed E-state index contributed by atoms with van der Waals surface area (Å²) in [6.45, 7) is 1.43. The molecule has 2 aromatic heterocycles. The molecular formula is C20H20ClFN6O2. The maximum absolute atomic E-state index is 13.8. The molecule has 2 aliphatic rings. The second-order valence-corrected chi connectivity index (χ2v) is 8.03. The number of halogens is 2. The molecule has 1 atom stereocenters. The molecular weight excluding hydrogens is 411 g/mol. The molecule has 30 heavy (non-hydrogen) atoms. The predicted octanol–water partition coefficient (Wildman–Crippen LogP) is 3.07. The lowest BCUT2D eigenvalue weighted by Crippen LogP contribution is -2.54. The fourth-order valence-electron chi connectivity index (χ4n) is 4.03. The topological polar surface area (TPSA) is 86.0 Å². The van der Waals surface area contributed by atoms with E-state index in [4.69, 9.17) is 11.6 Å². The lowest BCUT2D eigenvalue weighted by atomic mass is 10.0. The zero-order valence-electron chi connectivity index (χ0n) is 16.0. The number of aromatic nitrogens is 3. The average molecular weight is 431 g/mol. The SMILES string of the molecule is O=C(Nc1cc2nc(N3CCC[C@@H]3c3cc(F)ccc3Cl)ccn2n1)N1CC(O)C1. The van der Waals surface area contributed by atoms with Gasteiger partial charge in [0.15, 0.2) is 11.5 Å². The number of likely N-dealkylation sites (tertiary alicyclic amines) is 1. The number of carbonyl (C=O) groups excluding carboxylic acids is 1. The van der Waals surface area contributed by atoms with E-state index in [1.165, 1.54) is 17.0 Å². The van der Waals surface area contributed by atoms with Crippen LogP contribution >= 0.6 is 11.6 Å². The normalized spacial score (nSPS) is 19.4. The molecule has 0 aliphatic carbocycles. The highest BCUT2D eigenvalue weighted by Crippen LogP contribution is 2.38. The molecule has 2 amide bonds. The summed E-state index contributed by atoms with van der Waals surface area (Å²) >= 11 is 6.34. The molecule has 2 saturated heterocycles. The van der Waals surface area contributed by atoms with Crippen LogP contribution in [0.25, 0.3) is 5.65 Å². The summed E-state index contributed by atoms with van der Waals surface area (Å²) in [5.74, 6) is 0.821. The molecule has 2 N–H and O–H groups in total. The van der Waals surface area contributed by atoms with Gasteiger partial charge in [-0.2, -0.15) is 0 Å². The van der Waals surface area contributed by atoms with Gasteiger partial charge in [-0.3, -0.25) is 5.32 Å². The van der Waals surface area contributed by atoms with E-state index in [2.05, 4.69) is 20.3 Å². The third-order valence-corrected chi connectivity index (χ3v) is 5.90. The Balaban J connectivity index is 1.39. The quantitative estimate of drug-likeness (QED) is 0.667. The molecule has 2 fully saturated rings. The number of β-amino-alcohol motifs (C(OH)–C–C–N with tert-alkyl or cyclic N) is 1. The van der Waals surface area contributed by atoms with Crippen molar-refractivity contribution in [2.24, 2.45) is 0 Å². The van der Waals surface area contributed by atoms with Crippen molar-refractivity contribution in [1.82, 2.24) is 19.5 Å². The van der Waals surface area contributed by atoms with Crippen LogP contribution in [0.4, 0.5) is 20.8 Å². The molecule has 8 nitrogen and oxygen atoms in total. The van der Waals surface area contributed by atoms with Gasteiger partial charge in [0.2, 0.25) is 0 Å². The molecule has 10 heteroatoms. The number of hydrogen-bond acceptors (Lipinski definition) is 5. The fourth-order valence-corrected chi connectivity index (χ4v) is 4.28. The van der Waals surface area contributed by atoms with E-state index in [1.54, 1.807) is 22.8 Å². The standard InChI is InChI=1S/C20H20ClFN6O2/c21-15-4-3-12(22)8-14(15)16-2-1-6-27(16)18-5-7-28-19(24-18)9-17(25-28)23-20(30)26-10-13(29)11-26/h3-5,7-9,13,16,29H,1-2,6,10-11H2,(H,23,25,30)/t16-/m1/s1. The van der Waals surface area contributed by atoms with Crippen LogP contribution < -0.4 is 10.2 Å². The maximum Gasteiger partial charge on any atom is 0.323 e. The Labute approximate surface area is 176 Å². The van der Waals surface area contributed by atoms with E-state index < -0.39 is 6.10 Å². The van der Waals surface area contributed by atoms with Crippen LogP contribution in [0.3, 0.4) is 0 Å². The van der Waals surface area contributed by atoms with Gasteiger partial charge in [-0.15, -0.1) is 5.10 Å². The Kier molecular flexibility index (Phi) is 4.71. The minimum absolute atomic E-state index is 0.0527. The van der Waals surface area contributed by atoms with Crippen LogP contribution in [-0.2, 0) is 0 Å². The largest absolute Gasteiger partial charge is 0.389 e. The van der Waals surface area contributed by atoms with Crippen molar-refractivity contribution in [3.63, 3.8) is 0 Å². The van der Waals surface area contributed by atoms with E-state index in [0.717, 1.165) is 30.8 Å². The van der Waals surface area contributed by atoms with Gasteiger partial charge < -0.3 is 14.9 Å². The number of benzene rings is 1. The molecule has 3 aromatic rings. The Hall–Kier alpha value is -2.91. The second kappa shape index (κ2) is 7.41. The smallest absolute Gasteiger partial charge is 0.323 e. The minimum Gasteiger partial charge on any atom is -0.389 e. The molecule has 0 spiro atoms. The predicted molar refractivity (Wildman–Crippen MR) is 110 cm³/mol. The van der Waals surface area contributed by atoms with E-state index in [9.17, 15) is 14.3 Å². The van der Waals surface area contributed by atoms with Crippen LogP contribution in [0, 0.1) is 5.82 Å². The Morgan fingerprint density at radius 2 is 2.10 bits per heavy atom. The monoisotopic (exact) mass is 430 g/mol. The number of aliphatic hydroxyl groups excluding tert-OH is 1. The number of hydrogen-bond donors (Lipinski definition) is 2. The summed E-state index contributed by atoms with van der Waals surface area (Å²) in [5, 5.41) is 16.9. The van der Waals surface area contributed by atoms with Gasteiger partial charge in [0.1, 0.15) is 11.6 Å². The van der Waals surface area contributed by atoms with Gasteiger partial charge >= 0.3 is 6.03 Å². The highest BCUT2D eigenvalue weighted by Gasteiger charge is 2.30.